The molecule has 2 rings (SSSR count). The maximum Gasteiger partial charge on any atom is 0.255 e. The Kier molecular flexibility index (Phi) is 5.01. The van der Waals surface area contributed by atoms with Gasteiger partial charge >= 0.3 is 0 Å². The number of aliphatic imine (C=N–C) groups is 1. The van der Waals surface area contributed by atoms with Crippen molar-refractivity contribution < 1.29 is 8.78 Å². The van der Waals surface area contributed by atoms with E-state index in [1.165, 1.54) is 6.20 Å². The van der Waals surface area contributed by atoms with Crippen LogP contribution in [0.4, 0.5) is 14.5 Å². The average molecular weight is 313 g/mol. The molecule has 2 heterocycles. The van der Waals surface area contributed by atoms with Gasteiger partial charge in [-0.1, -0.05) is 18.5 Å². The third kappa shape index (κ3) is 3.85. The molecule has 0 spiro atoms. The molecule has 21 heavy (non-hydrogen) atoms. The first-order valence-electron chi connectivity index (χ1n) is 6.46. The quantitative estimate of drug-likeness (QED) is 0.814. The molecule has 0 saturated heterocycles. The second kappa shape index (κ2) is 6.76. The van der Waals surface area contributed by atoms with Gasteiger partial charge in [0.2, 0.25) is 0 Å². The summed E-state index contributed by atoms with van der Waals surface area (Å²) < 4.78 is 24.2. The number of nitrogens with zero attached hydrogens (tertiary/aromatic N) is 2. The summed E-state index contributed by atoms with van der Waals surface area (Å²) in [5, 5.41) is 10.4. The minimum Gasteiger partial charge on any atom is -0.385 e. The van der Waals surface area contributed by atoms with Gasteiger partial charge in [-0.15, -0.1) is 0 Å². The monoisotopic (exact) mass is 312 g/mol. The molecule has 1 atom stereocenters. The first-order chi connectivity index (χ1) is 10.0. The van der Waals surface area contributed by atoms with Crippen LogP contribution in [0.3, 0.4) is 0 Å². The molecule has 0 saturated carbocycles. The van der Waals surface area contributed by atoms with E-state index in [-0.39, 0.29) is 5.92 Å². The van der Waals surface area contributed by atoms with Crippen molar-refractivity contribution in [3.63, 3.8) is 0 Å². The Morgan fingerprint density at radius 1 is 1.62 bits per heavy atom. The summed E-state index contributed by atoms with van der Waals surface area (Å²) in [6, 6.07) is 1.77. The number of fused-ring (bicyclic) bond motifs is 1. The van der Waals surface area contributed by atoms with Gasteiger partial charge in [-0.3, -0.25) is 4.98 Å². The van der Waals surface area contributed by atoms with E-state index in [0.29, 0.717) is 28.4 Å². The van der Waals surface area contributed by atoms with E-state index in [1.807, 2.05) is 6.92 Å². The van der Waals surface area contributed by atoms with E-state index in [1.54, 1.807) is 12.3 Å². The van der Waals surface area contributed by atoms with Gasteiger partial charge in [-0.2, -0.15) is 0 Å². The molecule has 0 amide bonds. The van der Waals surface area contributed by atoms with Crippen LogP contribution in [0.25, 0.3) is 5.57 Å². The zero-order valence-corrected chi connectivity index (χ0v) is 12.2. The highest BCUT2D eigenvalue weighted by Gasteiger charge is 2.20. The first kappa shape index (κ1) is 15.6. The van der Waals surface area contributed by atoms with Crippen molar-refractivity contribution >= 4 is 34.2 Å². The molecule has 0 aliphatic carbocycles. The van der Waals surface area contributed by atoms with Crippen molar-refractivity contribution in [2.45, 2.75) is 25.7 Å². The van der Waals surface area contributed by atoms with Crippen LogP contribution < -0.4 is 5.32 Å². The Morgan fingerprint density at radius 2 is 2.38 bits per heavy atom. The lowest BCUT2D eigenvalue weighted by atomic mass is 9.98. The number of pyridine rings is 1. The lowest BCUT2D eigenvalue weighted by Gasteiger charge is -2.18. The van der Waals surface area contributed by atoms with E-state index >= 15 is 0 Å². The maximum atomic E-state index is 12.1. The zero-order valence-electron chi connectivity index (χ0n) is 11.4. The molecule has 0 fully saturated rings. The predicted molar refractivity (Wildman–Crippen MR) is 81.0 cm³/mol. The van der Waals surface area contributed by atoms with Crippen molar-refractivity contribution in [1.82, 2.24) is 10.3 Å². The number of alkyl halides is 2. The molecular formula is C14H15ClF2N4. The second-order valence-electron chi connectivity index (χ2n) is 4.76. The highest BCUT2D eigenvalue weighted by atomic mass is 35.5. The third-order valence-corrected chi connectivity index (χ3v) is 3.34. The lowest BCUT2D eigenvalue weighted by Crippen LogP contribution is -2.15. The van der Waals surface area contributed by atoms with Crippen LogP contribution in [0.1, 0.15) is 30.5 Å². The van der Waals surface area contributed by atoms with Crippen LogP contribution in [0.2, 0.25) is 0 Å². The minimum atomic E-state index is -2.45. The Morgan fingerprint density at radius 3 is 3.05 bits per heavy atom. The van der Waals surface area contributed by atoms with Crippen molar-refractivity contribution in [2.75, 3.05) is 6.54 Å². The Hall–Kier alpha value is -1.82. The van der Waals surface area contributed by atoms with E-state index in [0.717, 1.165) is 11.9 Å². The normalized spacial score (nSPS) is 18.2. The van der Waals surface area contributed by atoms with Crippen LogP contribution in [0, 0.1) is 5.41 Å². The second-order valence-corrected chi connectivity index (χ2v) is 5.20. The Balaban J connectivity index is 2.28. The molecule has 4 nitrogen and oxygen atoms in total. The molecular weight excluding hydrogens is 298 g/mol. The van der Waals surface area contributed by atoms with Gasteiger partial charge in [0.25, 0.3) is 6.43 Å². The average Bonchev–Trinajstić information content (AvgIpc) is 2.42. The summed E-state index contributed by atoms with van der Waals surface area (Å²) in [4.78, 5) is 8.62. The van der Waals surface area contributed by atoms with E-state index < -0.39 is 13.0 Å². The fourth-order valence-electron chi connectivity index (χ4n) is 2.08. The lowest BCUT2D eigenvalue weighted by molar-refractivity contribution is 0.151. The van der Waals surface area contributed by atoms with Crippen LogP contribution in [-0.2, 0) is 0 Å². The summed E-state index contributed by atoms with van der Waals surface area (Å²) in [5.74, 6) is 0.184. The summed E-state index contributed by atoms with van der Waals surface area (Å²) >= 11 is 5.99. The SMILES string of the molecule is CC1CC(Cl)=Nc2cc(/C(C=N)=C/NCC(F)F)cnc21. The first-order valence-corrected chi connectivity index (χ1v) is 6.84. The number of hydrogen-bond acceptors (Lipinski definition) is 4. The third-order valence-electron chi connectivity index (χ3n) is 3.10. The molecule has 0 bridgehead atoms. The van der Waals surface area contributed by atoms with Crippen LogP contribution >= 0.6 is 11.6 Å². The zero-order chi connectivity index (χ0) is 15.4. The number of rotatable bonds is 5. The van der Waals surface area contributed by atoms with Gasteiger partial charge in [-0.25, -0.2) is 13.8 Å². The van der Waals surface area contributed by atoms with Crippen LogP contribution in [0.15, 0.2) is 23.5 Å². The smallest absolute Gasteiger partial charge is 0.255 e. The van der Waals surface area contributed by atoms with E-state index in [4.69, 9.17) is 17.0 Å². The highest BCUT2D eigenvalue weighted by Crippen LogP contribution is 2.34. The van der Waals surface area contributed by atoms with Crippen LogP contribution in [0.5, 0.6) is 0 Å². The van der Waals surface area contributed by atoms with Crippen molar-refractivity contribution in [3.8, 4) is 0 Å². The summed E-state index contributed by atoms with van der Waals surface area (Å²) in [6.45, 7) is 1.55. The largest absolute Gasteiger partial charge is 0.385 e. The minimum absolute atomic E-state index is 0.184. The molecule has 0 radical (unpaired) electrons. The van der Waals surface area contributed by atoms with Gasteiger partial charge in [0, 0.05) is 42.1 Å². The summed E-state index contributed by atoms with van der Waals surface area (Å²) in [6.07, 6.45) is 2.29. The summed E-state index contributed by atoms with van der Waals surface area (Å²) in [5.41, 5.74) is 2.61. The van der Waals surface area contributed by atoms with Gasteiger partial charge in [-0.05, 0) is 6.07 Å². The number of allylic oxidation sites excluding steroid dienone is 1. The van der Waals surface area contributed by atoms with E-state index in [2.05, 4.69) is 15.3 Å². The van der Waals surface area contributed by atoms with Gasteiger partial charge in [0.1, 0.15) is 5.17 Å². The molecule has 0 aromatic carbocycles. The highest BCUT2D eigenvalue weighted by molar-refractivity contribution is 6.65. The molecule has 1 aromatic rings. The molecule has 1 aliphatic rings. The molecule has 2 N–H and O–H groups in total. The van der Waals surface area contributed by atoms with Crippen molar-refractivity contribution in [2.24, 2.45) is 4.99 Å². The van der Waals surface area contributed by atoms with Gasteiger partial charge < -0.3 is 10.7 Å². The summed E-state index contributed by atoms with van der Waals surface area (Å²) in [7, 11) is 0. The molecule has 7 heteroatoms. The number of halogens is 3. The van der Waals surface area contributed by atoms with Crippen molar-refractivity contribution in [1.29, 1.82) is 5.41 Å². The standard InChI is InChI=1S/C14H15ClF2N4/c1-8-2-12(15)21-11-3-9(6-20-14(8)11)10(4-18)5-19-7-13(16)17/h3-6,8,13,18-19H,2,7H2,1H3/b10-5+,18-4?. The van der Waals surface area contributed by atoms with Crippen LogP contribution in [-0.4, -0.2) is 29.3 Å². The predicted octanol–water partition coefficient (Wildman–Crippen LogP) is 3.70. The Bertz CT molecular complexity index is 599. The van der Waals surface area contributed by atoms with Crippen molar-refractivity contribution in [3.05, 3.63) is 29.7 Å². The van der Waals surface area contributed by atoms with E-state index in [9.17, 15) is 8.78 Å². The number of hydrogen-bond donors (Lipinski definition) is 2. The molecule has 1 aromatic heterocycles. The molecule has 1 unspecified atom stereocenters. The van der Waals surface area contributed by atoms with Gasteiger partial charge in [0.15, 0.2) is 0 Å². The maximum absolute atomic E-state index is 12.1. The topological polar surface area (TPSA) is 61.1 Å². The fourth-order valence-corrected chi connectivity index (χ4v) is 2.41. The van der Waals surface area contributed by atoms with Gasteiger partial charge in [0.05, 0.1) is 17.9 Å². The number of nitrogens with one attached hydrogen (secondary N) is 2. The Labute approximate surface area is 126 Å². The number of aromatic nitrogens is 1. The molecule has 112 valence electrons. The molecule has 1 aliphatic heterocycles. The fraction of sp³-hybridized carbons (Fsp3) is 0.357.